The number of rotatable bonds is 2. The van der Waals surface area contributed by atoms with Crippen LogP contribution in [0.2, 0.25) is 0 Å². The van der Waals surface area contributed by atoms with E-state index >= 15 is 0 Å². The standard InChI is InChI=1S/C11H9N3O2/c1-14-7-8(3-9(5-12)6-13)4-10(14)11(15)16-2/h3-4,7H,1-2H3. The van der Waals surface area contributed by atoms with E-state index in [1.54, 1.807) is 36.0 Å². The minimum absolute atomic E-state index is 0.0120. The van der Waals surface area contributed by atoms with Crippen LogP contribution in [0.5, 0.6) is 0 Å². The summed E-state index contributed by atoms with van der Waals surface area (Å²) >= 11 is 0. The van der Waals surface area contributed by atoms with Crippen molar-refractivity contribution >= 4 is 12.0 Å². The first-order chi connectivity index (χ1) is 7.62. The minimum atomic E-state index is -0.461. The first-order valence-corrected chi connectivity index (χ1v) is 4.39. The molecule has 5 nitrogen and oxygen atoms in total. The molecule has 0 N–H and O–H groups in total. The van der Waals surface area contributed by atoms with E-state index in [-0.39, 0.29) is 5.57 Å². The van der Waals surface area contributed by atoms with Crippen LogP contribution in [0.15, 0.2) is 17.8 Å². The van der Waals surface area contributed by atoms with Gasteiger partial charge in [-0.2, -0.15) is 10.5 Å². The Bertz CT molecular complexity index is 510. The van der Waals surface area contributed by atoms with Gasteiger partial charge < -0.3 is 9.30 Å². The molecule has 0 amide bonds. The van der Waals surface area contributed by atoms with Gasteiger partial charge in [0.05, 0.1) is 7.11 Å². The van der Waals surface area contributed by atoms with Crippen molar-refractivity contribution in [2.24, 2.45) is 7.05 Å². The highest BCUT2D eigenvalue weighted by molar-refractivity contribution is 5.88. The zero-order valence-electron chi connectivity index (χ0n) is 8.89. The second-order valence-electron chi connectivity index (χ2n) is 3.04. The highest BCUT2D eigenvalue weighted by Gasteiger charge is 2.11. The molecule has 0 saturated heterocycles. The number of ether oxygens (including phenoxy) is 1. The first-order valence-electron chi connectivity index (χ1n) is 4.39. The van der Waals surface area contributed by atoms with E-state index in [1.807, 2.05) is 0 Å². The number of carbonyl (C=O) groups is 1. The van der Waals surface area contributed by atoms with Crippen LogP contribution in [0.25, 0.3) is 6.08 Å². The molecular formula is C11H9N3O2. The van der Waals surface area contributed by atoms with E-state index in [1.165, 1.54) is 13.2 Å². The molecule has 80 valence electrons. The van der Waals surface area contributed by atoms with Crippen molar-refractivity contribution in [3.63, 3.8) is 0 Å². The van der Waals surface area contributed by atoms with Crippen LogP contribution < -0.4 is 0 Å². The minimum Gasteiger partial charge on any atom is -0.464 e. The van der Waals surface area contributed by atoms with E-state index in [9.17, 15) is 4.79 Å². The van der Waals surface area contributed by atoms with Crippen LogP contribution in [0.3, 0.4) is 0 Å². The van der Waals surface area contributed by atoms with Crippen molar-refractivity contribution in [1.82, 2.24) is 4.57 Å². The van der Waals surface area contributed by atoms with E-state index in [0.29, 0.717) is 11.3 Å². The maximum atomic E-state index is 11.3. The lowest BCUT2D eigenvalue weighted by molar-refractivity contribution is 0.0590. The van der Waals surface area contributed by atoms with Crippen molar-refractivity contribution in [2.45, 2.75) is 0 Å². The zero-order chi connectivity index (χ0) is 12.1. The Hall–Kier alpha value is -2.53. The zero-order valence-corrected chi connectivity index (χ0v) is 8.89. The van der Waals surface area contributed by atoms with Gasteiger partial charge >= 0.3 is 5.97 Å². The molecule has 0 saturated carbocycles. The third-order valence-corrected chi connectivity index (χ3v) is 1.97. The Labute approximate surface area is 92.8 Å². The molecule has 0 aliphatic rings. The van der Waals surface area contributed by atoms with Gasteiger partial charge in [0, 0.05) is 13.2 Å². The van der Waals surface area contributed by atoms with Gasteiger partial charge in [0.15, 0.2) is 0 Å². The summed E-state index contributed by atoms with van der Waals surface area (Å²) in [7, 11) is 2.98. The molecule has 5 heteroatoms. The van der Waals surface area contributed by atoms with Crippen LogP contribution in [-0.4, -0.2) is 17.6 Å². The molecule has 0 radical (unpaired) electrons. The highest BCUT2D eigenvalue weighted by atomic mass is 16.5. The number of carbonyl (C=O) groups excluding carboxylic acids is 1. The average Bonchev–Trinajstić information content (AvgIpc) is 2.66. The predicted molar refractivity (Wildman–Crippen MR) is 56.0 cm³/mol. The van der Waals surface area contributed by atoms with Gasteiger partial charge in [-0.1, -0.05) is 0 Å². The molecular weight excluding hydrogens is 206 g/mol. The van der Waals surface area contributed by atoms with Crippen molar-refractivity contribution in [1.29, 1.82) is 10.5 Å². The third kappa shape index (κ3) is 2.28. The Balaban J connectivity index is 3.13. The number of hydrogen-bond donors (Lipinski definition) is 0. The topological polar surface area (TPSA) is 78.8 Å². The summed E-state index contributed by atoms with van der Waals surface area (Å²) in [6.07, 6.45) is 3.05. The fourth-order valence-corrected chi connectivity index (χ4v) is 1.23. The van der Waals surface area contributed by atoms with Crippen molar-refractivity contribution < 1.29 is 9.53 Å². The maximum Gasteiger partial charge on any atom is 0.354 e. The van der Waals surface area contributed by atoms with E-state index in [0.717, 1.165) is 0 Å². The molecule has 0 aromatic carbocycles. The molecule has 0 atom stereocenters. The molecule has 0 fully saturated rings. The number of esters is 1. The summed E-state index contributed by atoms with van der Waals surface area (Å²) < 4.78 is 6.15. The third-order valence-electron chi connectivity index (χ3n) is 1.97. The number of methoxy groups -OCH3 is 1. The Morgan fingerprint density at radius 3 is 2.62 bits per heavy atom. The van der Waals surface area contributed by atoms with Gasteiger partial charge in [-0.25, -0.2) is 4.79 Å². The van der Waals surface area contributed by atoms with Gasteiger partial charge in [0.25, 0.3) is 0 Å². The van der Waals surface area contributed by atoms with Crippen molar-refractivity contribution in [3.05, 3.63) is 29.1 Å². The van der Waals surface area contributed by atoms with Gasteiger partial charge in [0.1, 0.15) is 23.4 Å². The normalized spacial score (nSPS) is 8.75. The highest BCUT2D eigenvalue weighted by Crippen LogP contribution is 2.12. The van der Waals surface area contributed by atoms with E-state index in [4.69, 9.17) is 10.5 Å². The maximum absolute atomic E-state index is 11.3. The molecule has 0 aliphatic carbocycles. The molecule has 0 bridgehead atoms. The second-order valence-corrected chi connectivity index (χ2v) is 3.04. The average molecular weight is 215 g/mol. The molecule has 16 heavy (non-hydrogen) atoms. The molecule has 0 unspecified atom stereocenters. The first kappa shape index (κ1) is 11.5. The van der Waals surface area contributed by atoms with Crippen molar-refractivity contribution in [3.8, 4) is 12.1 Å². The van der Waals surface area contributed by atoms with E-state index < -0.39 is 5.97 Å². The Kier molecular flexibility index (Phi) is 3.47. The summed E-state index contributed by atoms with van der Waals surface area (Å²) in [6.45, 7) is 0. The SMILES string of the molecule is COC(=O)c1cc(C=C(C#N)C#N)cn1C. The lowest BCUT2D eigenvalue weighted by Gasteiger charge is -1.98. The summed E-state index contributed by atoms with van der Waals surface area (Å²) in [6, 6.07) is 5.05. The number of aryl methyl sites for hydroxylation is 1. The number of nitriles is 2. The number of aromatic nitrogens is 1. The number of nitrogens with zero attached hydrogens (tertiary/aromatic N) is 3. The molecule has 0 aliphatic heterocycles. The number of hydrogen-bond acceptors (Lipinski definition) is 4. The number of allylic oxidation sites excluding steroid dienone is 1. The van der Waals surface area contributed by atoms with Crippen LogP contribution in [-0.2, 0) is 11.8 Å². The summed E-state index contributed by atoms with van der Waals surface area (Å²) in [5, 5.41) is 17.2. The molecule has 1 aromatic rings. The van der Waals surface area contributed by atoms with E-state index in [2.05, 4.69) is 4.74 Å². The van der Waals surface area contributed by atoms with Gasteiger partial charge in [0.2, 0.25) is 0 Å². The molecule has 1 aromatic heterocycles. The summed E-state index contributed by atoms with van der Waals surface area (Å²) in [5.41, 5.74) is 0.965. The quantitative estimate of drug-likeness (QED) is 0.549. The fourth-order valence-electron chi connectivity index (χ4n) is 1.23. The van der Waals surface area contributed by atoms with Gasteiger partial charge in [-0.15, -0.1) is 0 Å². The smallest absolute Gasteiger partial charge is 0.354 e. The second kappa shape index (κ2) is 4.81. The summed E-state index contributed by atoms with van der Waals surface area (Å²) in [4.78, 5) is 11.3. The molecule has 1 rings (SSSR count). The lowest BCUT2D eigenvalue weighted by atomic mass is 10.2. The summed E-state index contributed by atoms with van der Waals surface area (Å²) in [5.74, 6) is -0.461. The van der Waals surface area contributed by atoms with Crippen LogP contribution >= 0.6 is 0 Å². The van der Waals surface area contributed by atoms with Gasteiger partial charge in [-0.05, 0) is 17.7 Å². The molecule has 1 heterocycles. The van der Waals surface area contributed by atoms with Crippen LogP contribution in [0.1, 0.15) is 16.1 Å². The van der Waals surface area contributed by atoms with Crippen molar-refractivity contribution in [2.75, 3.05) is 7.11 Å². The molecule has 0 spiro atoms. The fraction of sp³-hybridized carbons (Fsp3) is 0.182. The predicted octanol–water partition coefficient (Wildman–Crippen LogP) is 1.24. The van der Waals surface area contributed by atoms with Crippen LogP contribution in [0.4, 0.5) is 0 Å². The monoisotopic (exact) mass is 215 g/mol. The van der Waals surface area contributed by atoms with Crippen LogP contribution in [0, 0.1) is 22.7 Å². The Morgan fingerprint density at radius 2 is 2.12 bits per heavy atom. The Morgan fingerprint density at radius 1 is 1.50 bits per heavy atom. The van der Waals surface area contributed by atoms with Gasteiger partial charge in [-0.3, -0.25) is 0 Å². The lowest BCUT2D eigenvalue weighted by Crippen LogP contribution is -2.06. The largest absolute Gasteiger partial charge is 0.464 e.